The molecule has 0 radical (unpaired) electrons. The SMILES string of the molecule is COCCC(N)CC(=O)c1ccc(Cl)cc1. The number of hydrogen-bond donors (Lipinski definition) is 1. The molecule has 3 nitrogen and oxygen atoms in total. The van der Waals surface area contributed by atoms with E-state index in [1.165, 1.54) is 0 Å². The highest BCUT2D eigenvalue weighted by atomic mass is 35.5. The molecule has 0 amide bonds. The molecule has 0 saturated heterocycles. The summed E-state index contributed by atoms with van der Waals surface area (Å²) in [5.41, 5.74) is 6.45. The molecule has 0 heterocycles. The standard InChI is InChI=1S/C12H16ClNO2/c1-16-7-6-11(14)8-12(15)9-2-4-10(13)5-3-9/h2-5,11H,6-8,14H2,1H3. The first-order valence-electron chi connectivity index (χ1n) is 5.16. The van der Waals surface area contributed by atoms with E-state index in [-0.39, 0.29) is 11.8 Å². The fourth-order valence-electron chi connectivity index (χ4n) is 1.36. The number of Topliss-reactive ketones (excluding diaryl/α,β-unsaturated/α-hetero) is 1. The molecule has 0 aliphatic rings. The molecule has 0 spiro atoms. The Balaban J connectivity index is 2.48. The number of benzene rings is 1. The molecule has 0 bridgehead atoms. The van der Waals surface area contributed by atoms with E-state index < -0.39 is 0 Å². The molecule has 88 valence electrons. The van der Waals surface area contributed by atoms with Crippen molar-refractivity contribution in [3.05, 3.63) is 34.9 Å². The molecule has 0 aliphatic carbocycles. The first-order valence-corrected chi connectivity index (χ1v) is 5.54. The number of methoxy groups -OCH3 is 1. The van der Waals surface area contributed by atoms with Crippen molar-refractivity contribution in [2.45, 2.75) is 18.9 Å². The smallest absolute Gasteiger partial charge is 0.164 e. The van der Waals surface area contributed by atoms with Crippen LogP contribution in [-0.2, 0) is 4.74 Å². The van der Waals surface area contributed by atoms with Crippen LogP contribution in [0.5, 0.6) is 0 Å². The van der Waals surface area contributed by atoms with Crippen molar-refractivity contribution in [1.29, 1.82) is 0 Å². The van der Waals surface area contributed by atoms with Gasteiger partial charge in [0.25, 0.3) is 0 Å². The summed E-state index contributed by atoms with van der Waals surface area (Å²) in [5, 5.41) is 0.625. The Morgan fingerprint density at radius 3 is 2.62 bits per heavy atom. The summed E-state index contributed by atoms with van der Waals surface area (Å²) in [7, 11) is 1.62. The summed E-state index contributed by atoms with van der Waals surface area (Å²) >= 11 is 5.74. The fourth-order valence-corrected chi connectivity index (χ4v) is 1.49. The van der Waals surface area contributed by atoms with Crippen LogP contribution in [-0.4, -0.2) is 25.5 Å². The number of nitrogens with two attached hydrogens (primary N) is 1. The molecule has 0 aliphatic heterocycles. The number of rotatable bonds is 6. The van der Waals surface area contributed by atoms with Gasteiger partial charge in [0.15, 0.2) is 5.78 Å². The third-order valence-corrected chi connectivity index (χ3v) is 2.56. The van der Waals surface area contributed by atoms with Gasteiger partial charge in [-0.2, -0.15) is 0 Å². The fraction of sp³-hybridized carbons (Fsp3) is 0.417. The highest BCUT2D eigenvalue weighted by molar-refractivity contribution is 6.30. The lowest BCUT2D eigenvalue weighted by atomic mass is 10.0. The molecule has 1 atom stereocenters. The second-order valence-electron chi connectivity index (χ2n) is 3.68. The van der Waals surface area contributed by atoms with Crippen molar-refractivity contribution in [2.75, 3.05) is 13.7 Å². The van der Waals surface area contributed by atoms with Gasteiger partial charge in [-0.15, -0.1) is 0 Å². The Labute approximate surface area is 101 Å². The molecule has 0 aromatic heterocycles. The second kappa shape index (κ2) is 6.63. The van der Waals surface area contributed by atoms with Crippen molar-refractivity contribution >= 4 is 17.4 Å². The Morgan fingerprint density at radius 2 is 2.06 bits per heavy atom. The normalized spacial score (nSPS) is 12.4. The third kappa shape index (κ3) is 4.31. The Bertz CT molecular complexity index is 337. The van der Waals surface area contributed by atoms with E-state index in [9.17, 15) is 4.79 Å². The lowest BCUT2D eigenvalue weighted by molar-refractivity contribution is 0.0967. The summed E-state index contributed by atoms with van der Waals surface area (Å²) in [4.78, 5) is 11.8. The minimum Gasteiger partial charge on any atom is -0.385 e. The molecule has 1 aromatic carbocycles. The van der Waals surface area contributed by atoms with Crippen LogP contribution in [0.3, 0.4) is 0 Å². The van der Waals surface area contributed by atoms with Crippen molar-refractivity contribution in [2.24, 2.45) is 5.73 Å². The Morgan fingerprint density at radius 1 is 1.44 bits per heavy atom. The first-order chi connectivity index (χ1) is 7.63. The summed E-state index contributed by atoms with van der Waals surface area (Å²) < 4.78 is 4.91. The van der Waals surface area contributed by atoms with E-state index in [1.54, 1.807) is 31.4 Å². The second-order valence-corrected chi connectivity index (χ2v) is 4.11. The summed E-state index contributed by atoms with van der Waals surface area (Å²) in [5.74, 6) is 0.0419. The van der Waals surface area contributed by atoms with Gasteiger partial charge in [0.2, 0.25) is 0 Å². The van der Waals surface area contributed by atoms with Crippen LogP contribution in [0.2, 0.25) is 5.02 Å². The third-order valence-electron chi connectivity index (χ3n) is 2.31. The van der Waals surface area contributed by atoms with Crippen LogP contribution in [0.1, 0.15) is 23.2 Å². The molecule has 1 rings (SSSR count). The van der Waals surface area contributed by atoms with Gasteiger partial charge in [-0.3, -0.25) is 4.79 Å². The van der Waals surface area contributed by atoms with Gasteiger partial charge in [-0.1, -0.05) is 11.6 Å². The number of halogens is 1. The van der Waals surface area contributed by atoms with Gasteiger partial charge >= 0.3 is 0 Å². The van der Waals surface area contributed by atoms with Crippen LogP contribution >= 0.6 is 11.6 Å². The maximum atomic E-state index is 11.8. The van der Waals surface area contributed by atoms with Gasteiger partial charge in [0.1, 0.15) is 0 Å². The van der Waals surface area contributed by atoms with Crippen molar-refractivity contribution in [3.63, 3.8) is 0 Å². The number of ether oxygens (including phenoxy) is 1. The average Bonchev–Trinajstić information content (AvgIpc) is 2.27. The summed E-state index contributed by atoms with van der Waals surface area (Å²) in [6.45, 7) is 0.578. The van der Waals surface area contributed by atoms with Gasteiger partial charge < -0.3 is 10.5 Å². The summed E-state index contributed by atoms with van der Waals surface area (Å²) in [6, 6.07) is 6.69. The molecule has 1 aromatic rings. The van der Waals surface area contributed by atoms with Crippen LogP contribution in [0.4, 0.5) is 0 Å². The maximum absolute atomic E-state index is 11.8. The molecular weight excluding hydrogens is 226 g/mol. The highest BCUT2D eigenvalue weighted by Gasteiger charge is 2.11. The molecule has 2 N–H and O–H groups in total. The van der Waals surface area contributed by atoms with Crippen molar-refractivity contribution in [1.82, 2.24) is 0 Å². The van der Waals surface area contributed by atoms with E-state index in [2.05, 4.69) is 0 Å². The quantitative estimate of drug-likeness (QED) is 0.778. The van der Waals surface area contributed by atoms with Crippen LogP contribution in [0, 0.1) is 0 Å². The lowest BCUT2D eigenvalue weighted by Crippen LogP contribution is -2.25. The highest BCUT2D eigenvalue weighted by Crippen LogP contribution is 2.12. The minimum atomic E-state index is -0.150. The van der Waals surface area contributed by atoms with Crippen LogP contribution in [0.15, 0.2) is 24.3 Å². The predicted octanol–water partition coefficient (Wildman–Crippen LogP) is 2.28. The molecular formula is C12H16ClNO2. The minimum absolute atomic E-state index is 0.0419. The summed E-state index contributed by atoms with van der Waals surface area (Å²) in [6.07, 6.45) is 1.03. The molecule has 0 saturated carbocycles. The number of hydrogen-bond acceptors (Lipinski definition) is 3. The van der Waals surface area contributed by atoms with Gasteiger partial charge in [-0.05, 0) is 30.7 Å². The average molecular weight is 242 g/mol. The molecule has 0 fully saturated rings. The van der Waals surface area contributed by atoms with Crippen molar-refractivity contribution in [3.8, 4) is 0 Å². The molecule has 1 unspecified atom stereocenters. The molecule has 16 heavy (non-hydrogen) atoms. The number of carbonyl (C=O) groups is 1. The molecule has 4 heteroatoms. The van der Waals surface area contributed by atoms with Crippen LogP contribution in [0.25, 0.3) is 0 Å². The van der Waals surface area contributed by atoms with Gasteiger partial charge in [0.05, 0.1) is 0 Å². The predicted molar refractivity (Wildman–Crippen MR) is 64.9 cm³/mol. The van der Waals surface area contributed by atoms with E-state index >= 15 is 0 Å². The van der Waals surface area contributed by atoms with E-state index in [4.69, 9.17) is 22.1 Å². The van der Waals surface area contributed by atoms with E-state index in [1.807, 2.05) is 0 Å². The topological polar surface area (TPSA) is 52.3 Å². The Hall–Kier alpha value is -0.900. The van der Waals surface area contributed by atoms with E-state index in [0.717, 1.165) is 0 Å². The van der Waals surface area contributed by atoms with E-state index in [0.29, 0.717) is 30.0 Å². The largest absolute Gasteiger partial charge is 0.385 e. The first kappa shape index (κ1) is 13.2. The monoisotopic (exact) mass is 241 g/mol. The number of ketones is 1. The maximum Gasteiger partial charge on any atom is 0.164 e. The van der Waals surface area contributed by atoms with Gasteiger partial charge in [0, 0.05) is 36.8 Å². The van der Waals surface area contributed by atoms with Gasteiger partial charge in [-0.25, -0.2) is 0 Å². The van der Waals surface area contributed by atoms with Crippen LogP contribution < -0.4 is 5.73 Å². The Kier molecular flexibility index (Phi) is 5.46. The van der Waals surface area contributed by atoms with Crippen molar-refractivity contribution < 1.29 is 9.53 Å². The zero-order valence-corrected chi connectivity index (χ0v) is 10.0. The number of carbonyl (C=O) groups excluding carboxylic acids is 1. The lowest BCUT2D eigenvalue weighted by Gasteiger charge is -2.09. The zero-order valence-electron chi connectivity index (χ0n) is 9.28. The zero-order chi connectivity index (χ0) is 12.0.